The number of anilines is 2. The van der Waals surface area contributed by atoms with E-state index in [9.17, 15) is 4.79 Å². The topological polar surface area (TPSA) is 120 Å². The predicted octanol–water partition coefficient (Wildman–Crippen LogP) is 2.12. The van der Waals surface area contributed by atoms with Gasteiger partial charge in [0.1, 0.15) is 5.75 Å². The van der Waals surface area contributed by atoms with Crippen molar-refractivity contribution >= 4 is 29.0 Å². The lowest BCUT2D eigenvalue weighted by Crippen LogP contribution is -2.49. The van der Waals surface area contributed by atoms with Gasteiger partial charge in [-0.25, -0.2) is 9.97 Å². The minimum Gasteiger partial charge on any atom is -0.497 e. The molecule has 2 aromatic heterocycles. The van der Waals surface area contributed by atoms with Crippen molar-refractivity contribution < 1.29 is 9.53 Å². The molecule has 1 aliphatic heterocycles. The molecule has 0 spiro atoms. The standard InChI is InChI=1S/C19H20ClN7O2/c1-29-14-7-11(6-12(20)8-14)17(15-2-3-22-15)27-10-13(9-25-27)26-19(28)16-18(21)24-5-4-23-16/h4-10,15,17,22H,2-3H2,1H3,(H2,21,24)(H,26,28). The molecule has 3 heterocycles. The van der Waals surface area contributed by atoms with Gasteiger partial charge in [-0.05, 0) is 36.7 Å². The molecule has 0 saturated carbocycles. The third kappa shape index (κ3) is 4.01. The van der Waals surface area contributed by atoms with Crippen molar-refractivity contribution in [2.24, 2.45) is 0 Å². The first-order valence-corrected chi connectivity index (χ1v) is 9.43. The maximum Gasteiger partial charge on any atom is 0.278 e. The van der Waals surface area contributed by atoms with E-state index in [1.807, 2.05) is 12.1 Å². The number of carbonyl (C=O) groups excluding carboxylic acids is 1. The van der Waals surface area contributed by atoms with Gasteiger partial charge in [0.15, 0.2) is 11.5 Å². The number of hydrogen-bond donors (Lipinski definition) is 3. The summed E-state index contributed by atoms with van der Waals surface area (Å²) < 4.78 is 7.16. The molecule has 4 N–H and O–H groups in total. The number of methoxy groups -OCH3 is 1. The highest BCUT2D eigenvalue weighted by Crippen LogP contribution is 2.32. The van der Waals surface area contributed by atoms with E-state index in [4.69, 9.17) is 22.1 Å². The maximum absolute atomic E-state index is 12.4. The molecule has 1 saturated heterocycles. The summed E-state index contributed by atoms with van der Waals surface area (Å²) in [6, 6.07) is 5.68. The van der Waals surface area contributed by atoms with Crippen LogP contribution in [0.1, 0.15) is 28.5 Å². The Kier molecular flexibility index (Phi) is 5.32. The zero-order valence-electron chi connectivity index (χ0n) is 15.7. The Hall–Kier alpha value is -3.17. The first-order chi connectivity index (χ1) is 14.0. The number of nitrogens with one attached hydrogen (secondary N) is 2. The lowest BCUT2D eigenvalue weighted by Gasteiger charge is -2.35. The maximum atomic E-state index is 12.4. The third-order valence-corrected chi connectivity index (χ3v) is 5.02. The van der Waals surface area contributed by atoms with Gasteiger partial charge in [-0.15, -0.1) is 0 Å². The van der Waals surface area contributed by atoms with Gasteiger partial charge in [0, 0.05) is 29.7 Å². The molecule has 3 aromatic rings. The predicted molar refractivity (Wildman–Crippen MR) is 109 cm³/mol. The fourth-order valence-corrected chi connectivity index (χ4v) is 3.53. The van der Waals surface area contributed by atoms with E-state index in [0.717, 1.165) is 18.5 Å². The minimum atomic E-state index is -0.446. The average Bonchev–Trinajstić information content (AvgIpc) is 3.12. The number of aromatic nitrogens is 4. The van der Waals surface area contributed by atoms with Crippen LogP contribution in [0.5, 0.6) is 5.75 Å². The molecule has 1 aliphatic rings. The minimum absolute atomic E-state index is 0.0667. The quantitative estimate of drug-likeness (QED) is 0.566. The van der Waals surface area contributed by atoms with Gasteiger partial charge < -0.3 is 21.1 Å². The Bertz CT molecular complexity index is 1030. The Labute approximate surface area is 172 Å². The van der Waals surface area contributed by atoms with Crippen LogP contribution in [-0.4, -0.2) is 45.4 Å². The lowest BCUT2D eigenvalue weighted by atomic mass is 9.92. The van der Waals surface area contributed by atoms with Gasteiger partial charge in [-0.1, -0.05) is 11.6 Å². The van der Waals surface area contributed by atoms with Gasteiger partial charge in [-0.2, -0.15) is 5.10 Å². The first-order valence-electron chi connectivity index (χ1n) is 9.05. The van der Waals surface area contributed by atoms with Crippen molar-refractivity contribution in [1.82, 2.24) is 25.1 Å². The monoisotopic (exact) mass is 413 g/mol. The average molecular weight is 414 g/mol. The summed E-state index contributed by atoms with van der Waals surface area (Å²) >= 11 is 6.27. The van der Waals surface area contributed by atoms with Crippen LogP contribution in [0.15, 0.2) is 43.0 Å². The number of hydrogen-bond acceptors (Lipinski definition) is 7. The Morgan fingerprint density at radius 1 is 1.38 bits per heavy atom. The second-order valence-electron chi connectivity index (χ2n) is 6.67. The van der Waals surface area contributed by atoms with Gasteiger partial charge in [0.25, 0.3) is 5.91 Å². The first kappa shape index (κ1) is 19.2. The molecule has 29 heavy (non-hydrogen) atoms. The van der Waals surface area contributed by atoms with Crippen molar-refractivity contribution in [3.05, 3.63) is 59.3 Å². The number of carbonyl (C=O) groups is 1. The summed E-state index contributed by atoms with van der Waals surface area (Å²) in [4.78, 5) is 20.3. The van der Waals surface area contributed by atoms with Crippen LogP contribution in [0.25, 0.3) is 0 Å². The largest absolute Gasteiger partial charge is 0.497 e. The number of nitrogen functional groups attached to an aromatic ring is 1. The van der Waals surface area contributed by atoms with Crippen LogP contribution < -0.4 is 21.1 Å². The second kappa shape index (κ2) is 8.06. The molecule has 1 amide bonds. The molecule has 2 atom stereocenters. The van der Waals surface area contributed by atoms with Gasteiger partial charge in [-0.3, -0.25) is 9.48 Å². The number of nitrogens with two attached hydrogens (primary N) is 1. The van der Waals surface area contributed by atoms with E-state index in [2.05, 4.69) is 25.7 Å². The fourth-order valence-electron chi connectivity index (χ4n) is 3.29. The van der Waals surface area contributed by atoms with E-state index >= 15 is 0 Å². The molecular formula is C19H20ClN7O2. The summed E-state index contributed by atoms with van der Waals surface area (Å²) in [6.07, 6.45) is 7.19. The van der Waals surface area contributed by atoms with E-state index in [0.29, 0.717) is 16.5 Å². The van der Waals surface area contributed by atoms with E-state index < -0.39 is 5.91 Å². The SMILES string of the molecule is COc1cc(Cl)cc(C(C2CCN2)n2cc(NC(=O)c3nccnc3N)cn2)c1. The number of benzene rings is 1. The number of ether oxygens (including phenoxy) is 1. The summed E-state index contributed by atoms with van der Waals surface area (Å²) in [6.45, 7) is 0.940. The molecule has 4 rings (SSSR count). The van der Waals surface area contributed by atoms with Crippen LogP contribution >= 0.6 is 11.6 Å². The molecule has 2 unspecified atom stereocenters. The molecule has 0 radical (unpaired) electrons. The van der Waals surface area contributed by atoms with Crippen LogP contribution in [0, 0.1) is 0 Å². The molecule has 150 valence electrons. The van der Waals surface area contributed by atoms with Crippen LogP contribution in [-0.2, 0) is 0 Å². The molecule has 1 aromatic carbocycles. The summed E-state index contributed by atoms with van der Waals surface area (Å²) in [5.41, 5.74) is 7.28. The molecule has 1 fully saturated rings. The van der Waals surface area contributed by atoms with E-state index in [1.165, 1.54) is 12.4 Å². The van der Waals surface area contributed by atoms with Gasteiger partial charge >= 0.3 is 0 Å². The number of halogens is 1. The van der Waals surface area contributed by atoms with Crippen molar-refractivity contribution in [1.29, 1.82) is 0 Å². The molecular weight excluding hydrogens is 394 g/mol. The van der Waals surface area contributed by atoms with Crippen molar-refractivity contribution in [2.75, 3.05) is 24.7 Å². The lowest BCUT2D eigenvalue weighted by molar-refractivity contribution is 0.102. The van der Waals surface area contributed by atoms with E-state index in [-0.39, 0.29) is 23.6 Å². The van der Waals surface area contributed by atoms with E-state index in [1.54, 1.807) is 30.3 Å². The summed E-state index contributed by atoms with van der Waals surface area (Å²) in [5.74, 6) is 0.300. The smallest absolute Gasteiger partial charge is 0.278 e. The molecule has 9 nitrogen and oxygen atoms in total. The van der Waals surface area contributed by atoms with Crippen LogP contribution in [0.3, 0.4) is 0 Å². The zero-order valence-corrected chi connectivity index (χ0v) is 16.4. The van der Waals surface area contributed by atoms with Crippen molar-refractivity contribution in [3.63, 3.8) is 0 Å². The normalized spacial score (nSPS) is 16.7. The molecule has 0 bridgehead atoms. The van der Waals surface area contributed by atoms with Crippen molar-refractivity contribution in [3.8, 4) is 5.75 Å². The van der Waals surface area contributed by atoms with Gasteiger partial charge in [0.05, 0.1) is 25.0 Å². The second-order valence-corrected chi connectivity index (χ2v) is 7.11. The van der Waals surface area contributed by atoms with Gasteiger partial charge in [0.2, 0.25) is 0 Å². The van der Waals surface area contributed by atoms with Crippen molar-refractivity contribution in [2.45, 2.75) is 18.5 Å². The fraction of sp³-hybridized carbons (Fsp3) is 0.263. The Morgan fingerprint density at radius 3 is 2.86 bits per heavy atom. The highest BCUT2D eigenvalue weighted by molar-refractivity contribution is 6.30. The number of nitrogens with zero attached hydrogens (tertiary/aromatic N) is 4. The molecule has 10 heteroatoms. The Morgan fingerprint density at radius 2 is 2.17 bits per heavy atom. The summed E-state index contributed by atoms with van der Waals surface area (Å²) in [7, 11) is 1.60. The number of rotatable bonds is 6. The Balaban J connectivity index is 1.61. The number of amides is 1. The zero-order chi connectivity index (χ0) is 20.4. The van der Waals surface area contributed by atoms with Crippen LogP contribution in [0.2, 0.25) is 5.02 Å². The highest BCUT2D eigenvalue weighted by Gasteiger charge is 2.31. The van der Waals surface area contributed by atoms with Crippen LogP contribution in [0.4, 0.5) is 11.5 Å². The third-order valence-electron chi connectivity index (χ3n) is 4.80. The highest BCUT2D eigenvalue weighted by atomic mass is 35.5. The summed E-state index contributed by atoms with van der Waals surface area (Å²) in [5, 5.41) is 11.2. The molecule has 0 aliphatic carbocycles.